The first kappa shape index (κ1) is 42.8. The maximum atomic E-state index is 14.3. The fourth-order valence-electron chi connectivity index (χ4n) is 9.36. The third kappa shape index (κ3) is 8.49. The normalized spacial score (nSPS) is 48.8. The molecule has 0 aromatic carbocycles. The van der Waals surface area contributed by atoms with Crippen LogP contribution in [-0.2, 0) is 38.0 Å². The number of aliphatic hydroxyl groups is 4. The molecule has 8 unspecified atom stereocenters. The molecule has 0 spiro atoms. The van der Waals surface area contributed by atoms with E-state index in [0.717, 1.165) is 6.54 Å². The highest BCUT2D eigenvalue weighted by molar-refractivity contribution is 5.73. The Kier molecular flexibility index (Phi) is 13.8. The Morgan fingerprint density at radius 3 is 2.25 bits per heavy atom. The molecule has 13 nitrogen and oxygen atoms in total. The molecule has 0 amide bonds. The average molecular weight is 732 g/mol. The van der Waals surface area contributed by atoms with Crippen LogP contribution in [0.1, 0.15) is 102 Å². The van der Waals surface area contributed by atoms with Crippen LogP contribution in [-0.4, -0.2) is 142 Å². The summed E-state index contributed by atoms with van der Waals surface area (Å²) in [7, 11) is 3.51. The second-order valence-corrected chi connectivity index (χ2v) is 16.9. The van der Waals surface area contributed by atoms with Gasteiger partial charge in [-0.05, 0) is 80.3 Å². The van der Waals surface area contributed by atoms with Crippen molar-refractivity contribution in [3.05, 3.63) is 0 Å². The van der Waals surface area contributed by atoms with Gasteiger partial charge in [0.1, 0.15) is 23.9 Å². The van der Waals surface area contributed by atoms with E-state index in [4.69, 9.17) is 33.2 Å². The SMILES string of the molecule is CC[C@@H](O)[C@@](C)(O)[C@@H]1OC(=O)[C@H](C)[C@@H](O[C@H]2CC(C)(OC)[C@@H](O)C(C)O2)[C@H](C)[C@@H](O[C@@H]2OC(C)CC(N(C)CC)C2O)C2(C)CC(C)C(O2)[C@@H]1C. The number of rotatable bonds is 10. The van der Waals surface area contributed by atoms with Gasteiger partial charge in [-0.25, -0.2) is 0 Å². The van der Waals surface area contributed by atoms with Crippen LogP contribution >= 0.6 is 0 Å². The molecule has 0 saturated carbocycles. The lowest BCUT2D eigenvalue weighted by Crippen LogP contribution is -2.60. The number of cyclic esters (lactones) is 1. The lowest BCUT2D eigenvalue weighted by Gasteiger charge is -2.48. The quantitative estimate of drug-likeness (QED) is 0.243. The number of hydrogen-bond acceptors (Lipinski definition) is 13. The Labute approximate surface area is 305 Å². The summed E-state index contributed by atoms with van der Waals surface area (Å²) in [5.74, 6) is -2.67. The Balaban J connectivity index is 1.82. The maximum absolute atomic E-state index is 14.3. The van der Waals surface area contributed by atoms with Crippen molar-refractivity contribution >= 4 is 5.97 Å². The van der Waals surface area contributed by atoms with Crippen molar-refractivity contribution in [3.63, 3.8) is 0 Å². The number of carbonyl (C=O) groups excluding carboxylic acids is 1. The van der Waals surface area contributed by atoms with Gasteiger partial charge in [0.2, 0.25) is 0 Å². The molecule has 2 bridgehead atoms. The first-order chi connectivity index (χ1) is 23.6. The molecule has 19 atom stereocenters. The summed E-state index contributed by atoms with van der Waals surface area (Å²) in [4.78, 5) is 16.4. The molecule has 4 aliphatic heterocycles. The second kappa shape index (κ2) is 16.4. The van der Waals surface area contributed by atoms with Crippen LogP contribution in [0.5, 0.6) is 0 Å². The van der Waals surface area contributed by atoms with Crippen molar-refractivity contribution in [1.82, 2.24) is 4.90 Å². The summed E-state index contributed by atoms with van der Waals surface area (Å²) in [6.45, 7) is 21.1. The zero-order chi connectivity index (χ0) is 38.4. The number of nitrogens with zero attached hydrogens (tertiary/aromatic N) is 1. The summed E-state index contributed by atoms with van der Waals surface area (Å²) in [5, 5.41) is 45.4. The van der Waals surface area contributed by atoms with E-state index in [1.54, 1.807) is 27.7 Å². The number of ether oxygens (including phenoxy) is 7. The highest BCUT2D eigenvalue weighted by Crippen LogP contribution is 2.48. The van der Waals surface area contributed by atoms with Gasteiger partial charge in [-0.2, -0.15) is 0 Å². The summed E-state index contributed by atoms with van der Waals surface area (Å²) in [5.41, 5.74) is -3.72. The largest absolute Gasteiger partial charge is 0.459 e. The van der Waals surface area contributed by atoms with Gasteiger partial charge < -0.3 is 58.5 Å². The number of fused-ring (bicyclic) bond motifs is 2. The standard InChI is InChI=1S/C38H69NO12/c1-14-26(40)38(11,44)33-21(5)29-19(3)17-37(10,51-29)32(50-35-28(41)25(39(12)15-2)16-20(4)46-35)22(6)30(23(7)34(43)49-33)48-27-18-36(9,45-13)31(42)24(8)47-27/h19-33,35,40-42,44H,14-18H2,1-13H3/t19?,20?,21-,22-,23+,24?,25?,26+,27-,28?,29?,30-,31-,32+,33+,35-,36?,37?,38+/m0/s1. The molecule has 0 radical (unpaired) electrons. The van der Waals surface area contributed by atoms with Gasteiger partial charge in [0.05, 0.1) is 53.7 Å². The molecule has 4 N–H and O–H groups in total. The van der Waals surface area contributed by atoms with Gasteiger partial charge in [-0.15, -0.1) is 0 Å². The van der Waals surface area contributed by atoms with E-state index in [-0.39, 0.29) is 30.9 Å². The van der Waals surface area contributed by atoms with Gasteiger partial charge in [0.25, 0.3) is 0 Å². The third-order valence-electron chi connectivity index (χ3n) is 12.8. The lowest BCUT2D eigenvalue weighted by molar-refractivity contribution is -0.318. The van der Waals surface area contributed by atoms with Gasteiger partial charge in [-0.3, -0.25) is 4.79 Å². The predicted molar refractivity (Wildman–Crippen MR) is 189 cm³/mol. The maximum Gasteiger partial charge on any atom is 0.311 e. The molecule has 4 fully saturated rings. The molecule has 0 aliphatic carbocycles. The minimum Gasteiger partial charge on any atom is -0.459 e. The second-order valence-electron chi connectivity index (χ2n) is 16.9. The van der Waals surface area contributed by atoms with Crippen LogP contribution in [0.4, 0.5) is 0 Å². The third-order valence-corrected chi connectivity index (χ3v) is 12.8. The van der Waals surface area contributed by atoms with Crippen molar-refractivity contribution in [2.75, 3.05) is 20.7 Å². The highest BCUT2D eigenvalue weighted by Gasteiger charge is 2.59. The molecule has 4 saturated heterocycles. The predicted octanol–water partition coefficient (Wildman–Crippen LogP) is 3.01. The van der Waals surface area contributed by atoms with Gasteiger partial charge in [-0.1, -0.05) is 34.6 Å². The van der Waals surface area contributed by atoms with Crippen LogP contribution < -0.4 is 0 Å². The molecule has 0 aromatic rings. The monoisotopic (exact) mass is 731 g/mol. The van der Waals surface area contributed by atoms with Crippen LogP contribution in [0.25, 0.3) is 0 Å². The zero-order valence-corrected chi connectivity index (χ0v) is 33.3. The fourth-order valence-corrected chi connectivity index (χ4v) is 9.36. The molecule has 51 heavy (non-hydrogen) atoms. The van der Waals surface area contributed by atoms with Crippen LogP contribution in [0, 0.1) is 23.7 Å². The van der Waals surface area contributed by atoms with Crippen molar-refractivity contribution in [1.29, 1.82) is 0 Å². The van der Waals surface area contributed by atoms with E-state index in [2.05, 4.69) is 11.8 Å². The van der Waals surface area contributed by atoms with Crippen molar-refractivity contribution < 1.29 is 58.4 Å². The van der Waals surface area contributed by atoms with Gasteiger partial charge >= 0.3 is 5.97 Å². The smallest absolute Gasteiger partial charge is 0.311 e. The van der Waals surface area contributed by atoms with E-state index in [1.165, 1.54) is 14.0 Å². The Morgan fingerprint density at radius 2 is 1.67 bits per heavy atom. The Bertz CT molecular complexity index is 1160. The number of carbonyl (C=O) groups is 1. The first-order valence-electron chi connectivity index (χ1n) is 19.2. The minimum atomic E-state index is -1.79. The van der Waals surface area contributed by atoms with Crippen LogP contribution in [0.3, 0.4) is 0 Å². The molecular weight excluding hydrogens is 662 g/mol. The number of esters is 1. The van der Waals surface area contributed by atoms with E-state index in [0.29, 0.717) is 12.8 Å². The Hall–Kier alpha value is -0.970. The zero-order valence-electron chi connectivity index (χ0n) is 33.3. The number of likely N-dealkylation sites (N-methyl/N-ethyl adjacent to an activating group) is 1. The number of methoxy groups -OCH3 is 1. The molecule has 4 rings (SSSR count). The van der Waals surface area contributed by atoms with Crippen LogP contribution in [0.15, 0.2) is 0 Å². The lowest BCUT2D eigenvalue weighted by atomic mass is 9.76. The molecule has 4 heterocycles. The average Bonchev–Trinajstić information content (AvgIpc) is 3.40. The van der Waals surface area contributed by atoms with Crippen LogP contribution in [0.2, 0.25) is 0 Å². The fraction of sp³-hybridized carbons (Fsp3) is 0.974. The topological polar surface area (TPSA) is 166 Å². The summed E-state index contributed by atoms with van der Waals surface area (Å²) >= 11 is 0. The van der Waals surface area contributed by atoms with Gasteiger partial charge in [0.15, 0.2) is 12.6 Å². The van der Waals surface area contributed by atoms with E-state index < -0.39 is 102 Å². The van der Waals surface area contributed by atoms with E-state index >= 15 is 0 Å². The minimum absolute atomic E-state index is 0.0585. The highest BCUT2D eigenvalue weighted by atomic mass is 16.7. The van der Waals surface area contributed by atoms with Crippen molar-refractivity contribution in [2.24, 2.45) is 23.7 Å². The Morgan fingerprint density at radius 1 is 1.02 bits per heavy atom. The van der Waals surface area contributed by atoms with E-state index in [1.807, 2.05) is 41.7 Å². The van der Waals surface area contributed by atoms with Crippen molar-refractivity contribution in [3.8, 4) is 0 Å². The molecule has 0 aromatic heterocycles. The first-order valence-corrected chi connectivity index (χ1v) is 19.2. The molecule has 298 valence electrons. The number of aliphatic hydroxyl groups excluding tert-OH is 3. The van der Waals surface area contributed by atoms with Gasteiger partial charge in [0, 0.05) is 31.4 Å². The molecule has 4 aliphatic rings. The molecule has 13 heteroatoms. The van der Waals surface area contributed by atoms with E-state index in [9.17, 15) is 25.2 Å². The summed E-state index contributed by atoms with van der Waals surface area (Å²) in [6, 6.07) is -0.199. The summed E-state index contributed by atoms with van der Waals surface area (Å²) < 4.78 is 45.2. The van der Waals surface area contributed by atoms with Crippen molar-refractivity contribution in [2.45, 2.75) is 192 Å². The summed E-state index contributed by atoms with van der Waals surface area (Å²) in [6.07, 6.45) is -7.34. The molecular formula is C38H69NO12. The number of hydrogen-bond donors (Lipinski definition) is 4.